The van der Waals surface area contributed by atoms with Crippen molar-refractivity contribution in [1.82, 2.24) is 15.0 Å². The van der Waals surface area contributed by atoms with Gasteiger partial charge in [0.05, 0.1) is 18.2 Å². The summed E-state index contributed by atoms with van der Waals surface area (Å²) in [7, 11) is 0. The summed E-state index contributed by atoms with van der Waals surface area (Å²) in [4.78, 5) is 22.4. The zero-order valence-corrected chi connectivity index (χ0v) is 12.0. The number of amides is 1. The van der Waals surface area contributed by atoms with Crippen LogP contribution in [0.2, 0.25) is 0 Å². The molecule has 3 rings (SSSR count). The zero-order valence-electron chi connectivity index (χ0n) is 12.0. The molecule has 23 heavy (non-hydrogen) atoms. The van der Waals surface area contributed by atoms with Crippen LogP contribution in [0.5, 0.6) is 5.75 Å². The summed E-state index contributed by atoms with van der Waals surface area (Å²) in [6.07, 6.45) is 4.42. The number of H-pyrrole nitrogens is 1. The molecule has 0 saturated heterocycles. The Morgan fingerprint density at radius 1 is 1.30 bits per heavy atom. The summed E-state index contributed by atoms with van der Waals surface area (Å²) in [5.74, 6) is -0.873. The number of rotatable bonds is 5. The number of anilines is 1. The number of aromatic nitrogens is 3. The molecule has 2 aromatic heterocycles. The maximum atomic E-state index is 14.0. The predicted molar refractivity (Wildman–Crippen MR) is 81.5 cm³/mol. The fraction of sp³-hybridized carbons (Fsp3) is 0.0625. The molecule has 0 unspecified atom stereocenters. The van der Waals surface area contributed by atoms with Crippen LogP contribution in [-0.2, 0) is 6.61 Å². The minimum atomic E-state index is -0.566. The van der Waals surface area contributed by atoms with Crippen LogP contribution >= 0.6 is 0 Å². The highest BCUT2D eigenvalue weighted by molar-refractivity contribution is 6.02. The van der Waals surface area contributed by atoms with Crippen LogP contribution in [0, 0.1) is 5.82 Å². The molecule has 0 bridgehead atoms. The van der Waals surface area contributed by atoms with Crippen molar-refractivity contribution >= 4 is 11.6 Å². The van der Waals surface area contributed by atoms with Crippen molar-refractivity contribution in [2.24, 2.45) is 0 Å². The SMILES string of the molecule is O=C(Nc1ccc(OCc2ccccn2)c(F)c1)c1cnc[nH]1. The Balaban J connectivity index is 1.65. The summed E-state index contributed by atoms with van der Waals surface area (Å²) in [6.45, 7) is 0.164. The van der Waals surface area contributed by atoms with Crippen molar-refractivity contribution in [3.05, 3.63) is 72.3 Å². The lowest BCUT2D eigenvalue weighted by molar-refractivity contribution is 0.102. The molecule has 2 N–H and O–H groups in total. The summed E-state index contributed by atoms with van der Waals surface area (Å²) in [5, 5.41) is 2.57. The number of pyridine rings is 1. The summed E-state index contributed by atoms with van der Waals surface area (Å²) >= 11 is 0. The maximum absolute atomic E-state index is 14.0. The Morgan fingerprint density at radius 2 is 2.22 bits per heavy atom. The smallest absolute Gasteiger partial charge is 0.273 e. The molecule has 0 radical (unpaired) electrons. The predicted octanol–water partition coefficient (Wildman–Crippen LogP) is 2.78. The standard InChI is InChI=1S/C16H13FN4O2/c17-13-7-11(21-16(22)14-8-18-10-20-14)4-5-15(13)23-9-12-3-1-2-6-19-12/h1-8,10H,9H2,(H,18,20)(H,21,22). The number of nitrogens with one attached hydrogen (secondary N) is 2. The number of ether oxygens (including phenoxy) is 1. The first-order chi connectivity index (χ1) is 11.2. The second-order valence-electron chi connectivity index (χ2n) is 4.67. The van der Waals surface area contributed by atoms with E-state index in [0.29, 0.717) is 17.1 Å². The second-order valence-corrected chi connectivity index (χ2v) is 4.67. The van der Waals surface area contributed by atoms with Crippen molar-refractivity contribution in [2.45, 2.75) is 6.61 Å². The van der Waals surface area contributed by atoms with Crippen molar-refractivity contribution in [3.63, 3.8) is 0 Å². The number of benzene rings is 1. The van der Waals surface area contributed by atoms with E-state index < -0.39 is 11.7 Å². The van der Waals surface area contributed by atoms with Crippen LogP contribution in [0.15, 0.2) is 55.1 Å². The third-order valence-corrected chi connectivity index (χ3v) is 3.03. The molecule has 0 spiro atoms. The molecule has 7 heteroatoms. The zero-order chi connectivity index (χ0) is 16.1. The van der Waals surface area contributed by atoms with Crippen LogP contribution in [0.1, 0.15) is 16.2 Å². The number of nitrogens with zero attached hydrogens (tertiary/aromatic N) is 2. The van der Waals surface area contributed by atoms with Crippen LogP contribution < -0.4 is 10.1 Å². The first kappa shape index (κ1) is 14.7. The Morgan fingerprint density at radius 3 is 2.91 bits per heavy atom. The second kappa shape index (κ2) is 6.69. The van der Waals surface area contributed by atoms with Crippen molar-refractivity contribution in [1.29, 1.82) is 0 Å². The quantitative estimate of drug-likeness (QED) is 0.759. The van der Waals surface area contributed by atoms with Crippen molar-refractivity contribution < 1.29 is 13.9 Å². The lowest BCUT2D eigenvalue weighted by atomic mass is 10.2. The number of hydrogen-bond acceptors (Lipinski definition) is 4. The minimum Gasteiger partial charge on any atom is -0.484 e. The van der Waals surface area contributed by atoms with Crippen LogP contribution in [0.3, 0.4) is 0 Å². The fourth-order valence-corrected chi connectivity index (χ4v) is 1.91. The van der Waals surface area contributed by atoms with Gasteiger partial charge in [-0.15, -0.1) is 0 Å². The van der Waals surface area contributed by atoms with Gasteiger partial charge in [0.2, 0.25) is 0 Å². The van der Waals surface area contributed by atoms with E-state index in [0.717, 1.165) is 0 Å². The van der Waals surface area contributed by atoms with Gasteiger partial charge < -0.3 is 15.0 Å². The molecule has 1 aromatic carbocycles. The number of hydrogen-bond donors (Lipinski definition) is 2. The lowest BCUT2D eigenvalue weighted by Crippen LogP contribution is -2.12. The highest BCUT2D eigenvalue weighted by atomic mass is 19.1. The van der Waals surface area contributed by atoms with Gasteiger partial charge >= 0.3 is 0 Å². The lowest BCUT2D eigenvalue weighted by Gasteiger charge is -2.09. The number of halogens is 1. The van der Waals surface area contributed by atoms with E-state index in [1.807, 2.05) is 6.07 Å². The fourth-order valence-electron chi connectivity index (χ4n) is 1.91. The van der Waals surface area contributed by atoms with E-state index in [1.54, 1.807) is 24.4 Å². The van der Waals surface area contributed by atoms with E-state index in [4.69, 9.17) is 4.74 Å². The third kappa shape index (κ3) is 3.70. The number of carbonyl (C=O) groups is 1. The van der Waals surface area contributed by atoms with Crippen molar-refractivity contribution in [2.75, 3.05) is 5.32 Å². The molecule has 1 amide bonds. The van der Waals surface area contributed by atoms with Crippen LogP contribution in [-0.4, -0.2) is 20.9 Å². The Bertz CT molecular complexity index is 791. The Hall–Kier alpha value is -3.22. The average Bonchev–Trinajstić information content (AvgIpc) is 3.10. The molecule has 0 fully saturated rings. The normalized spacial score (nSPS) is 10.3. The van der Waals surface area contributed by atoms with E-state index >= 15 is 0 Å². The molecule has 0 atom stereocenters. The van der Waals surface area contributed by atoms with Gasteiger partial charge in [0.25, 0.3) is 5.91 Å². The molecule has 6 nitrogen and oxygen atoms in total. The number of carbonyl (C=O) groups excluding carboxylic acids is 1. The summed E-state index contributed by atoms with van der Waals surface area (Å²) < 4.78 is 19.4. The molecule has 2 heterocycles. The molecule has 0 aliphatic heterocycles. The Labute approximate surface area is 131 Å². The first-order valence-corrected chi connectivity index (χ1v) is 6.84. The molecule has 116 valence electrons. The van der Waals surface area contributed by atoms with Gasteiger partial charge in [-0.2, -0.15) is 0 Å². The highest BCUT2D eigenvalue weighted by Gasteiger charge is 2.10. The summed E-state index contributed by atoms with van der Waals surface area (Å²) in [6, 6.07) is 9.63. The van der Waals surface area contributed by atoms with Gasteiger partial charge in [-0.25, -0.2) is 9.37 Å². The summed E-state index contributed by atoms with van der Waals surface area (Å²) in [5.41, 5.74) is 1.32. The van der Waals surface area contributed by atoms with Crippen LogP contribution in [0.25, 0.3) is 0 Å². The average molecular weight is 312 g/mol. The number of aromatic amines is 1. The van der Waals surface area contributed by atoms with E-state index in [2.05, 4.69) is 20.3 Å². The monoisotopic (exact) mass is 312 g/mol. The van der Waals surface area contributed by atoms with Gasteiger partial charge in [-0.1, -0.05) is 6.07 Å². The molecule has 0 aliphatic rings. The topological polar surface area (TPSA) is 79.9 Å². The van der Waals surface area contributed by atoms with Gasteiger partial charge in [0.15, 0.2) is 11.6 Å². The van der Waals surface area contributed by atoms with Crippen molar-refractivity contribution in [3.8, 4) is 5.75 Å². The Kier molecular flexibility index (Phi) is 4.28. The number of imidazole rings is 1. The van der Waals surface area contributed by atoms with E-state index in [-0.39, 0.29) is 12.4 Å². The van der Waals surface area contributed by atoms with Crippen LogP contribution in [0.4, 0.5) is 10.1 Å². The van der Waals surface area contributed by atoms with E-state index in [1.165, 1.54) is 24.7 Å². The highest BCUT2D eigenvalue weighted by Crippen LogP contribution is 2.22. The molecule has 0 aliphatic carbocycles. The van der Waals surface area contributed by atoms with Gasteiger partial charge in [0, 0.05) is 18.0 Å². The van der Waals surface area contributed by atoms with Gasteiger partial charge in [-0.3, -0.25) is 9.78 Å². The molecular formula is C16H13FN4O2. The van der Waals surface area contributed by atoms with Gasteiger partial charge in [0.1, 0.15) is 12.3 Å². The third-order valence-electron chi connectivity index (χ3n) is 3.03. The molecular weight excluding hydrogens is 299 g/mol. The maximum Gasteiger partial charge on any atom is 0.273 e. The van der Waals surface area contributed by atoms with E-state index in [9.17, 15) is 9.18 Å². The molecule has 0 saturated carbocycles. The molecule has 3 aromatic rings. The largest absolute Gasteiger partial charge is 0.484 e. The minimum absolute atomic E-state index is 0.0928. The first-order valence-electron chi connectivity index (χ1n) is 6.84. The van der Waals surface area contributed by atoms with Gasteiger partial charge in [-0.05, 0) is 24.3 Å².